The van der Waals surface area contributed by atoms with Crippen molar-refractivity contribution in [1.82, 2.24) is 0 Å². The summed E-state index contributed by atoms with van der Waals surface area (Å²) in [5, 5.41) is 0. The first-order valence-electron chi connectivity index (χ1n) is 3.32. The van der Waals surface area contributed by atoms with Gasteiger partial charge in [-0.05, 0) is 27.7 Å². The molecular weight excluding hydrogens is 150 g/mol. The smallest absolute Gasteiger partial charge is 0.0812 e. The Morgan fingerprint density at radius 2 is 1.40 bits per heavy atom. The summed E-state index contributed by atoms with van der Waals surface area (Å²) in [6.45, 7) is 8.07. The highest BCUT2D eigenvalue weighted by Crippen LogP contribution is 2.38. The largest absolute Gasteiger partial charge is 0.366 e. The summed E-state index contributed by atoms with van der Waals surface area (Å²) >= 11 is 0. The van der Waals surface area contributed by atoms with Crippen molar-refractivity contribution < 1.29 is 4.74 Å². The predicted molar refractivity (Wildman–Crippen MR) is 44.5 cm³/mol. The molecule has 3 heteroatoms. The summed E-state index contributed by atoms with van der Waals surface area (Å²) in [6.07, 6.45) is 0. The Bertz CT molecular complexity index is 120. The van der Waals surface area contributed by atoms with E-state index < -0.39 is 0 Å². The molecule has 0 bridgehead atoms. The molecule has 1 saturated heterocycles. The number of rotatable bonds is 0. The van der Waals surface area contributed by atoms with E-state index in [9.17, 15) is 0 Å². The highest BCUT2D eigenvalue weighted by atomic mass is 35.5. The second-order valence-corrected chi connectivity index (χ2v) is 3.79. The Hall–Kier alpha value is 0.210. The molecule has 62 valence electrons. The molecule has 0 aliphatic carbocycles. The molecule has 1 aliphatic heterocycles. The second kappa shape index (κ2) is 2.36. The fourth-order valence-electron chi connectivity index (χ4n) is 1.58. The summed E-state index contributed by atoms with van der Waals surface area (Å²) in [4.78, 5) is 0. The number of halogens is 1. The normalized spacial score (nSPS) is 28.5. The Kier molecular flexibility index (Phi) is 2.41. The van der Waals surface area contributed by atoms with Gasteiger partial charge < -0.3 is 10.5 Å². The zero-order valence-electron chi connectivity index (χ0n) is 6.97. The molecule has 0 amide bonds. The van der Waals surface area contributed by atoms with Crippen molar-refractivity contribution in [1.29, 1.82) is 0 Å². The van der Waals surface area contributed by atoms with Gasteiger partial charge in [-0.3, -0.25) is 0 Å². The minimum atomic E-state index is -0.108. The average Bonchev–Trinajstić information content (AvgIpc) is 1.63. The minimum absolute atomic E-state index is 0. The van der Waals surface area contributed by atoms with Gasteiger partial charge in [-0.1, -0.05) is 0 Å². The van der Waals surface area contributed by atoms with Crippen LogP contribution in [-0.4, -0.2) is 17.2 Å². The van der Waals surface area contributed by atoms with Gasteiger partial charge in [0.2, 0.25) is 0 Å². The highest BCUT2D eigenvalue weighted by Gasteiger charge is 2.52. The van der Waals surface area contributed by atoms with Crippen molar-refractivity contribution in [3.05, 3.63) is 0 Å². The fraction of sp³-hybridized carbons (Fsp3) is 1.00. The zero-order valence-corrected chi connectivity index (χ0v) is 7.79. The van der Waals surface area contributed by atoms with Crippen LogP contribution in [0.15, 0.2) is 0 Å². The van der Waals surface area contributed by atoms with Crippen molar-refractivity contribution in [2.24, 2.45) is 5.73 Å². The average molecular weight is 166 g/mol. The first-order chi connectivity index (χ1) is 3.86. The van der Waals surface area contributed by atoms with Gasteiger partial charge >= 0.3 is 0 Å². The molecule has 0 aromatic heterocycles. The van der Waals surface area contributed by atoms with Crippen LogP contribution in [0.5, 0.6) is 0 Å². The Labute approximate surface area is 68.5 Å². The molecule has 0 saturated carbocycles. The van der Waals surface area contributed by atoms with Crippen LogP contribution in [0, 0.1) is 0 Å². The van der Waals surface area contributed by atoms with Crippen LogP contribution in [0.25, 0.3) is 0 Å². The van der Waals surface area contributed by atoms with Gasteiger partial charge in [-0.25, -0.2) is 0 Å². The van der Waals surface area contributed by atoms with Crippen LogP contribution < -0.4 is 5.73 Å². The van der Waals surface area contributed by atoms with Crippen LogP contribution in [0.2, 0.25) is 0 Å². The Balaban J connectivity index is 0.000000810. The third-order valence-corrected chi connectivity index (χ3v) is 2.02. The van der Waals surface area contributed by atoms with E-state index in [4.69, 9.17) is 10.5 Å². The lowest BCUT2D eigenvalue weighted by molar-refractivity contribution is -0.255. The number of hydrogen-bond acceptors (Lipinski definition) is 2. The van der Waals surface area contributed by atoms with Crippen molar-refractivity contribution in [3.63, 3.8) is 0 Å². The van der Waals surface area contributed by atoms with E-state index in [1.165, 1.54) is 0 Å². The van der Waals surface area contributed by atoms with E-state index >= 15 is 0 Å². The maximum Gasteiger partial charge on any atom is 0.0812 e. The van der Waals surface area contributed by atoms with Crippen LogP contribution in [0.1, 0.15) is 27.7 Å². The highest BCUT2D eigenvalue weighted by molar-refractivity contribution is 5.85. The quantitative estimate of drug-likeness (QED) is 0.588. The SMILES string of the molecule is CC1(C)OC(C)(C)C1N.Cl. The molecular formula is C7H16ClNO. The lowest BCUT2D eigenvalue weighted by atomic mass is 9.79. The van der Waals surface area contributed by atoms with Gasteiger partial charge in [0.1, 0.15) is 0 Å². The van der Waals surface area contributed by atoms with Crippen molar-refractivity contribution in [2.45, 2.75) is 44.9 Å². The first-order valence-corrected chi connectivity index (χ1v) is 3.32. The van der Waals surface area contributed by atoms with Gasteiger partial charge in [0.25, 0.3) is 0 Å². The molecule has 1 rings (SSSR count). The van der Waals surface area contributed by atoms with Gasteiger partial charge in [0.15, 0.2) is 0 Å². The van der Waals surface area contributed by atoms with E-state index in [0.717, 1.165) is 0 Å². The summed E-state index contributed by atoms with van der Waals surface area (Å²) in [7, 11) is 0. The number of hydrogen-bond donors (Lipinski definition) is 1. The summed E-state index contributed by atoms with van der Waals surface area (Å²) in [5.74, 6) is 0. The van der Waals surface area contributed by atoms with Crippen molar-refractivity contribution in [2.75, 3.05) is 0 Å². The van der Waals surface area contributed by atoms with E-state index in [-0.39, 0.29) is 29.7 Å². The molecule has 0 radical (unpaired) electrons. The molecule has 0 aromatic rings. The lowest BCUT2D eigenvalue weighted by Gasteiger charge is -2.55. The summed E-state index contributed by atoms with van der Waals surface area (Å²) in [6, 6.07) is 0.171. The summed E-state index contributed by atoms with van der Waals surface area (Å²) in [5.41, 5.74) is 5.59. The first kappa shape index (κ1) is 10.2. The van der Waals surface area contributed by atoms with Crippen LogP contribution in [0.3, 0.4) is 0 Å². The van der Waals surface area contributed by atoms with Crippen LogP contribution >= 0.6 is 12.4 Å². The van der Waals surface area contributed by atoms with Gasteiger partial charge in [0.05, 0.1) is 17.2 Å². The lowest BCUT2D eigenvalue weighted by Crippen LogP contribution is -2.71. The second-order valence-electron chi connectivity index (χ2n) is 3.79. The van der Waals surface area contributed by atoms with E-state index in [0.29, 0.717) is 0 Å². The number of ether oxygens (including phenoxy) is 1. The molecule has 1 aliphatic rings. The van der Waals surface area contributed by atoms with Crippen molar-refractivity contribution >= 4 is 12.4 Å². The predicted octanol–water partition coefficient (Wildman–Crippen LogP) is 1.32. The third-order valence-electron chi connectivity index (χ3n) is 2.02. The number of nitrogens with two attached hydrogens (primary N) is 1. The molecule has 2 N–H and O–H groups in total. The maximum atomic E-state index is 5.81. The topological polar surface area (TPSA) is 35.2 Å². The van der Waals surface area contributed by atoms with Crippen LogP contribution in [0.4, 0.5) is 0 Å². The van der Waals surface area contributed by atoms with E-state index in [1.54, 1.807) is 0 Å². The molecule has 1 heterocycles. The Morgan fingerprint density at radius 3 is 1.40 bits per heavy atom. The standard InChI is InChI=1S/C7H15NO.ClH/c1-6(2)5(8)7(3,4)9-6;/h5H,8H2,1-4H3;1H. The third kappa shape index (κ3) is 1.29. The minimum Gasteiger partial charge on any atom is -0.366 e. The van der Waals surface area contributed by atoms with Crippen molar-refractivity contribution in [3.8, 4) is 0 Å². The zero-order chi connectivity index (χ0) is 7.28. The van der Waals surface area contributed by atoms with Gasteiger partial charge in [-0.2, -0.15) is 0 Å². The van der Waals surface area contributed by atoms with Crippen LogP contribution in [-0.2, 0) is 4.74 Å². The molecule has 0 spiro atoms. The summed E-state index contributed by atoms with van der Waals surface area (Å²) < 4.78 is 5.50. The van der Waals surface area contributed by atoms with E-state index in [1.807, 2.05) is 27.7 Å². The molecule has 0 atom stereocenters. The maximum absolute atomic E-state index is 5.81. The monoisotopic (exact) mass is 165 g/mol. The van der Waals surface area contributed by atoms with E-state index in [2.05, 4.69) is 0 Å². The molecule has 1 fully saturated rings. The molecule has 0 unspecified atom stereocenters. The molecule has 10 heavy (non-hydrogen) atoms. The van der Waals surface area contributed by atoms with Gasteiger partial charge in [0, 0.05) is 0 Å². The fourth-order valence-corrected chi connectivity index (χ4v) is 1.58. The Morgan fingerprint density at radius 1 is 1.10 bits per heavy atom. The molecule has 2 nitrogen and oxygen atoms in total. The van der Waals surface area contributed by atoms with Gasteiger partial charge in [-0.15, -0.1) is 12.4 Å². The molecule has 0 aromatic carbocycles.